The zero-order valence-electron chi connectivity index (χ0n) is 14.1. The molecule has 0 heterocycles. The quantitative estimate of drug-likeness (QED) is 0.798. The van der Waals surface area contributed by atoms with E-state index < -0.39 is 0 Å². The Hall–Kier alpha value is -0.860. The second-order valence-electron chi connectivity index (χ2n) is 6.77. The molecule has 1 saturated carbocycles. The second kappa shape index (κ2) is 7.42. The molecular weight excluding hydrogens is 258 g/mol. The zero-order chi connectivity index (χ0) is 15.3. The van der Waals surface area contributed by atoms with Crippen molar-refractivity contribution >= 4 is 0 Å². The average Bonchev–Trinajstić information content (AvgIpc) is 2.89. The van der Waals surface area contributed by atoms with Crippen molar-refractivity contribution < 1.29 is 4.74 Å². The minimum atomic E-state index is -0.0139. The molecule has 1 fully saturated rings. The van der Waals surface area contributed by atoms with Crippen LogP contribution in [0.25, 0.3) is 0 Å². The number of likely N-dealkylation sites (N-methyl/N-ethyl adjacent to an activating group) is 1. The first-order valence-electron chi connectivity index (χ1n) is 8.51. The molecule has 2 heteroatoms. The molecule has 0 aliphatic heterocycles. The molecule has 1 N–H and O–H groups in total. The largest absolute Gasteiger partial charge is 0.373 e. The highest BCUT2D eigenvalue weighted by Gasteiger charge is 2.42. The maximum absolute atomic E-state index is 6.26. The standard InChI is InChI=1S/C19H31NO/c1-5-21-19(11-6-7-12-19)18(20-4)17-10-8-9-16(14-17)13-15(2)3/h8-10,14-15,18,20H,5-7,11-13H2,1-4H3. The lowest BCUT2D eigenvalue weighted by atomic mass is 9.85. The molecule has 1 aliphatic rings. The van der Waals surface area contributed by atoms with Crippen LogP contribution in [0, 0.1) is 5.92 Å². The van der Waals surface area contributed by atoms with Gasteiger partial charge in [0.15, 0.2) is 0 Å². The molecule has 118 valence electrons. The first kappa shape index (κ1) is 16.5. The number of ether oxygens (including phenoxy) is 1. The van der Waals surface area contributed by atoms with Gasteiger partial charge in [0.05, 0.1) is 11.6 Å². The third-order valence-electron chi connectivity index (χ3n) is 4.62. The number of hydrogen-bond donors (Lipinski definition) is 1. The van der Waals surface area contributed by atoms with Crippen LogP contribution in [0.5, 0.6) is 0 Å². The second-order valence-corrected chi connectivity index (χ2v) is 6.77. The summed E-state index contributed by atoms with van der Waals surface area (Å²) in [5, 5.41) is 3.54. The zero-order valence-corrected chi connectivity index (χ0v) is 14.1. The van der Waals surface area contributed by atoms with Gasteiger partial charge in [-0.05, 0) is 50.3 Å². The fourth-order valence-corrected chi connectivity index (χ4v) is 3.88. The van der Waals surface area contributed by atoms with Crippen LogP contribution < -0.4 is 5.32 Å². The van der Waals surface area contributed by atoms with Crippen LogP contribution in [0.1, 0.15) is 63.6 Å². The summed E-state index contributed by atoms with van der Waals surface area (Å²) in [6.07, 6.45) is 6.04. The van der Waals surface area contributed by atoms with Gasteiger partial charge in [-0.15, -0.1) is 0 Å². The molecule has 21 heavy (non-hydrogen) atoms. The minimum absolute atomic E-state index is 0.0139. The monoisotopic (exact) mass is 289 g/mol. The van der Waals surface area contributed by atoms with Crippen LogP contribution in [0.15, 0.2) is 24.3 Å². The van der Waals surface area contributed by atoms with Crippen molar-refractivity contribution in [3.8, 4) is 0 Å². The number of rotatable bonds is 7. The molecule has 1 aliphatic carbocycles. The highest BCUT2D eigenvalue weighted by molar-refractivity contribution is 5.29. The van der Waals surface area contributed by atoms with Crippen LogP contribution in [-0.2, 0) is 11.2 Å². The smallest absolute Gasteiger partial charge is 0.0876 e. The molecule has 0 amide bonds. The summed E-state index contributed by atoms with van der Waals surface area (Å²) in [7, 11) is 2.07. The Morgan fingerprint density at radius 1 is 1.24 bits per heavy atom. The van der Waals surface area contributed by atoms with E-state index in [1.807, 2.05) is 0 Å². The van der Waals surface area contributed by atoms with Crippen molar-refractivity contribution in [2.45, 2.75) is 64.5 Å². The van der Waals surface area contributed by atoms with Crippen molar-refractivity contribution in [2.75, 3.05) is 13.7 Å². The molecule has 1 unspecified atom stereocenters. The van der Waals surface area contributed by atoms with E-state index >= 15 is 0 Å². The van der Waals surface area contributed by atoms with Crippen molar-refractivity contribution in [3.05, 3.63) is 35.4 Å². The Bertz CT molecular complexity index is 435. The van der Waals surface area contributed by atoms with E-state index in [0.29, 0.717) is 12.0 Å². The van der Waals surface area contributed by atoms with Crippen molar-refractivity contribution in [3.63, 3.8) is 0 Å². The summed E-state index contributed by atoms with van der Waals surface area (Å²) < 4.78 is 6.26. The number of nitrogens with one attached hydrogen (secondary N) is 1. The van der Waals surface area contributed by atoms with Gasteiger partial charge >= 0.3 is 0 Å². The predicted molar refractivity (Wildman–Crippen MR) is 89.6 cm³/mol. The van der Waals surface area contributed by atoms with Crippen LogP contribution in [-0.4, -0.2) is 19.3 Å². The lowest BCUT2D eigenvalue weighted by Gasteiger charge is -2.37. The fraction of sp³-hybridized carbons (Fsp3) is 0.684. The predicted octanol–water partition coefficient (Wildman–Crippen LogP) is 4.49. The summed E-state index contributed by atoms with van der Waals surface area (Å²) in [4.78, 5) is 0. The van der Waals surface area contributed by atoms with Gasteiger partial charge in [-0.1, -0.05) is 51.0 Å². The van der Waals surface area contributed by atoms with Gasteiger partial charge in [0.1, 0.15) is 0 Å². The lowest BCUT2D eigenvalue weighted by molar-refractivity contribution is -0.0610. The molecule has 1 aromatic carbocycles. The van der Waals surface area contributed by atoms with Crippen LogP contribution >= 0.6 is 0 Å². The lowest BCUT2D eigenvalue weighted by Crippen LogP contribution is -2.43. The topological polar surface area (TPSA) is 21.3 Å². The van der Waals surface area contributed by atoms with Crippen molar-refractivity contribution in [2.24, 2.45) is 5.92 Å². The Morgan fingerprint density at radius 2 is 1.95 bits per heavy atom. The van der Waals surface area contributed by atoms with E-state index in [1.54, 1.807) is 0 Å². The molecule has 1 aromatic rings. The molecule has 2 nitrogen and oxygen atoms in total. The molecule has 0 radical (unpaired) electrons. The third-order valence-corrected chi connectivity index (χ3v) is 4.62. The average molecular weight is 289 g/mol. The number of benzene rings is 1. The van der Waals surface area contributed by atoms with Gasteiger partial charge in [0.2, 0.25) is 0 Å². The third kappa shape index (κ3) is 3.87. The molecule has 2 rings (SSSR count). The minimum Gasteiger partial charge on any atom is -0.373 e. The molecule has 0 saturated heterocycles. The van der Waals surface area contributed by atoms with E-state index in [0.717, 1.165) is 13.0 Å². The van der Waals surface area contributed by atoms with Crippen LogP contribution in [0.2, 0.25) is 0 Å². The number of hydrogen-bond acceptors (Lipinski definition) is 2. The summed E-state index contributed by atoms with van der Waals surface area (Å²) in [5.41, 5.74) is 2.80. The molecular formula is C19H31NO. The van der Waals surface area contributed by atoms with Gasteiger partial charge < -0.3 is 10.1 Å². The fourth-order valence-electron chi connectivity index (χ4n) is 3.88. The van der Waals surface area contributed by atoms with Gasteiger partial charge in [-0.25, -0.2) is 0 Å². The Morgan fingerprint density at radius 3 is 2.52 bits per heavy atom. The van der Waals surface area contributed by atoms with E-state index in [-0.39, 0.29) is 5.60 Å². The van der Waals surface area contributed by atoms with E-state index in [1.165, 1.54) is 36.8 Å². The molecule has 0 aromatic heterocycles. The summed E-state index contributed by atoms with van der Waals surface area (Å²) in [5.74, 6) is 0.695. The molecule has 0 bridgehead atoms. The van der Waals surface area contributed by atoms with E-state index in [4.69, 9.17) is 4.74 Å². The van der Waals surface area contributed by atoms with Gasteiger partial charge in [0.25, 0.3) is 0 Å². The first-order valence-corrected chi connectivity index (χ1v) is 8.51. The molecule has 0 spiro atoms. The Balaban J connectivity index is 2.27. The first-order chi connectivity index (χ1) is 10.1. The highest BCUT2D eigenvalue weighted by Crippen LogP contribution is 2.43. The van der Waals surface area contributed by atoms with E-state index in [9.17, 15) is 0 Å². The van der Waals surface area contributed by atoms with Crippen LogP contribution in [0.4, 0.5) is 0 Å². The van der Waals surface area contributed by atoms with E-state index in [2.05, 4.69) is 57.4 Å². The highest BCUT2D eigenvalue weighted by atomic mass is 16.5. The van der Waals surface area contributed by atoms with Gasteiger partial charge in [-0.2, -0.15) is 0 Å². The summed E-state index contributed by atoms with van der Waals surface area (Å²) in [6, 6.07) is 9.38. The Kier molecular flexibility index (Phi) is 5.83. The maximum atomic E-state index is 6.26. The molecule has 1 atom stereocenters. The van der Waals surface area contributed by atoms with Crippen molar-refractivity contribution in [1.82, 2.24) is 5.32 Å². The van der Waals surface area contributed by atoms with Gasteiger partial charge in [-0.3, -0.25) is 0 Å². The normalized spacial score (nSPS) is 19.1. The maximum Gasteiger partial charge on any atom is 0.0876 e. The SMILES string of the molecule is CCOC1(C(NC)c2cccc(CC(C)C)c2)CCCC1. The summed E-state index contributed by atoms with van der Waals surface area (Å²) in [6.45, 7) is 7.47. The van der Waals surface area contributed by atoms with Crippen molar-refractivity contribution in [1.29, 1.82) is 0 Å². The Labute approximate surface area is 130 Å². The van der Waals surface area contributed by atoms with Gasteiger partial charge in [0, 0.05) is 6.61 Å². The summed E-state index contributed by atoms with van der Waals surface area (Å²) >= 11 is 0. The van der Waals surface area contributed by atoms with Crippen LogP contribution in [0.3, 0.4) is 0 Å².